The van der Waals surface area contributed by atoms with Crippen LogP contribution < -0.4 is 0 Å². The minimum atomic E-state index is -0.699. The van der Waals surface area contributed by atoms with Gasteiger partial charge in [0.15, 0.2) is 6.10 Å². The Morgan fingerprint density at radius 3 is 2.46 bits per heavy atom. The number of rotatable bonds is 5. The molecule has 2 heterocycles. The van der Waals surface area contributed by atoms with E-state index in [0.717, 1.165) is 11.5 Å². The minimum absolute atomic E-state index is 0.183. The van der Waals surface area contributed by atoms with Gasteiger partial charge in [-0.25, -0.2) is 9.18 Å². The number of aromatic nitrogens is 2. The topological polar surface area (TPSA) is 65.2 Å². The van der Waals surface area contributed by atoms with Gasteiger partial charge in [-0.15, -0.1) is 33.7 Å². The maximum atomic E-state index is 13.0. The van der Waals surface area contributed by atoms with Crippen molar-refractivity contribution in [1.29, 1.82) is 0 Å². The molecule has 0 bridgehead atoms. The lowest BCUT2D eigenvalue weighted by Crippen LogP contribution is -2.09. The standard InChI is InChI=1S/C20H17FN2O3S2/c1-12(17-22-23-18(26-17)13-6-8-16(21)9-7-13)25-19(24)14-2-4-15(5-3-14)20-27-10-11-28-20/h2-9,12,20H,10-11H2,1H3/t12-/m1/s1. The van der Waals surface area contributed by atoms with E-state index in [2.05, 4.69) is 10.2 Å². The van der Waals surface area contributed by atoms with Crippen LogP contribution in [0.3, 0.4) is 0 Å². The Morgan fingerprint density at radius 1 is 1.11 bits per heavy atom. The summed E-state index contributed by atoms with van der Waals surface area (Å²) in [5, 5.41) is 7.87. The molecule has 0 N–H and O–H groups in total. The summed E-state index contributed by atoms with van der Waals surface area (Å²) in [5.41, 5.74) is 2.27. The van der Waals surface area contributed by atoms with E-state index in [9.17, 15) is 9.18 Å². The van der Waals surface area contributed by atoms with Crippen molar-refractivity contribution in [2.75, 3.05) is 11.5 Å². The molecular formula is C20H17FN2O3S2. The summed E-state index contributed by atoms with van der Waals surface area (Å²) < 4.78 is 24.5. The number of nitrogens with zero attached hydrogens (tertiary/aromatic N) is 2. The highest BCUT2D eigenvalue weighted by molar-refractivity contribution is 8.19. The number of hydrogen-bond donors (Lipinski definition) is 0. The molecule has 1 aliphatic heterocycles. The van der Waals surface area contributed by atoms with Crippen LogP contribution in [-0.2, 0) is 4.74 Å². The molecule has 1 atom stereocenters. The van der Waals surface area contributed by atoms with Crippen molar-refractivity contribution in [2.45, 2.75) is 17.6 Å². The zero-order valence-corrected chi connectivity index (χ0v) is 16.6. The Kier molecular flexibility index (Phi) is 5.68. The molecule has 1 aliphatic rings. The van der Waals surface area contributed by atoms with Crippen molar-refractivity contribution in [1.82, 2.24) is 10.2 Å². The number of carbonyl (C=O) groups is 1. The van der Waals surface area contributed by atoms with Crippen LogP contribution >= 0.6 is 23.5 Å². The predicted molar refractivity (Wildman–Crippen MR) is 108 cm³/mol. The second kappa shape index (κ2) is 8.36. The third kappa shape index (κ3) is 4.23. The van der Waals surface area contributed by atoms with Crippen LogP contribution in [0.2, 0.25) is 0 Å². The number of ether oxygens (including phenoxy) is 1. The van der Waals surface area contributed by atoms with Crippen LogP contribution in [-0.4, -0.2) is 27.7 Å². The lowest BCUT2D eigenvalue weighted by atomic mass is 10.1. The molecule has 1 fully saturated rings. The molecule has 0 unspecified atom stereocenters. The first kappa shape index (κ1) is 19.0. The summed E-state index contributed by atoms with van der Waals surface area (Å²) in [6.07, 6.45) is -0.699. The monoisotopic (exact) mass is 416 g/mol. The van der Waals surface area contributed by atoms with Gasteiger partial charge in [-0.1, -0.05) is 12.1 Å². The second-order valence-corrected chi connectivity index (χ2v) is 8.92. The van der Waals surface area contributed by atoms with E-state index in [1.54, 1.807) is 31.2 Å². The number of carbonyl (C=O) groups excluding carboxylic acids is 1. The summed E-state index contributed by atoms with van der Waals surface area (Å²) >= 11 is 3.83. The summed E-state index contributed by atoms with van der Waals surface area (Å²) in [4.78, 5) is 12.4. The van der Waals surface area contributed by atoms with E-state index in [-0.39, 0.29) is 17.6 Å². The maximum Gasteiger partial charge on any atom is 0.338 e. The van der Waals surface area contributed by atoms with Gasteiger partial charge < -0.3 is 9.15 Å². The molecule has 1 saturated heterocycles. The molecule has 144 valence electrons. The Balaban J connectivity index is 1.41. The first-order valence-electron chi connectivity index (χ1n) is 8.73. The number of thioether (sulfide) groups is 2. The molecule has 0 saturated carbocycles. The average molecular weight is 416 g/mol. The van der Waals surface area contributed by atoms with Crippen molar-refractivity contribution in [3.05, 3.63) is 71.4 Å². The van der Waals surface area contributed by atoms with Crippen LogP contribution in [0.4, 0.5) is 4.39 Å². The zero-order valence-electron chi connectivity index (χ0n) is 15.0. The molecule has 0 amide bonds. The summed E-state index contributed by atoms with van der Waals surface area (Å²) in [7, 11) is 0. The summed E-state index contributed by atoms with van der Waals surface area (Å²) in [6.45, 7) is 1.67. The molecule has 1 aromatic heterocycles. The number of benzene rings is 2. The van der Waals surface area contributed by atoms with Crippen molar-refractivity contribution >= 4 is 29.5 Å². The van der Waals surface area contributed by atoms with Crippen LogP contribution in [0.1, 0.15) is 39.4 Å². The molecule has 4 rings (SSSR count). The number of halogens is 1. The van der Waals surface area contributed by atoms with Crippen LogP contribution in [0.15, 0.2) is 52.9 Å². The molecule has 0 radical (unpaired) electrons. The van der Waals surface area contributed by atoms with Gasteiger partial charge in [-0.3, -0.25) is 0 Å². The minimum Gasteiger partial charge on any atom is -0.449 e. The first-order chi connectivity index (χ1) is 13.6. The lowest BCUT2D eigenvalue weighted by Gasteiger charge is -2.11. The highest BCUT2D eigenvalue weighted by Crippen LogP contribution is 2.45. The Bertz CT molecular complexity index is 954. The summed E-state index contributed by atoms with van der Waals surface area (Å²) in [6, 6.07) is 13.2. The smallest absolute Gasteiger partial charge is 0.338 e. The highest BCUT2D eigenvalue weighted by atomic mass is 32.2. The van der Waals surface area contributed by atoms with Crippen LogP contribution in [0.5, 0.6) is 0 Å². The third-order valence-electron chi connectivity index (χ3n) is 4.20. The van der Waals surface area contributed by atoms with Gasteiger partial charge >= 0.3 is 5.97 Å². The van der Waals surface area contributed by atoms with Crippen LogP contribution in [0.25, 0.3) is 11.5 Å². The predicted octanol–water partition coefficient (Wildman–Crippen LogP) is 5.27. The van der Waals surface area contributed by atoms with E-state index >= 15 is 0 Å². The number of esters is 1. The quantitative estimate of drug-likeness (QED) is 0.525. The SMILES string of the molecule is C[C@@H](OC(=O)c1ccc(C2SCCS2)cc1)c1nnc(-c2ccc(F)cc2)o1. The first-order valence-corrected chi connectivity index (χ1v) is 10.8. The molecule has 8 heteroatoms. The normalized spacial score (nSPS) is 15.5. The lowest BCUT2D eigenvalue weighted by molar-refractivity contribution is 0.0280. The molecule has 3 aromatic rings. The van der Waals surface area contributed by atoms with Crippen molar-refractivity contribution < 1.29 is 18.3 Å². The van der Waals surface area contributed by atoms with Gasteiger partial charge in [-0.2, -0.15) is 0 Å². The maximum absolute atomic E-state index is 13.0. The molecular weight excluding hydrogens is 399 g/mol. The number of hydrogen-bond acceptors (Lipinski definition) is 7. The van der Waals surface area contributed by atoms with E-state index in [1.807, 2.05) is 35.7 Å². The van der Waals surface area contributed by atoms with Gasteiger partial charge in [0.1, 0.15) is 5.82 Å². The van der Waals surface area contributed by atoms with Gasteiger partial charge in [-0.05, 0) is 48.9 Å². The van der Waals surface area contributed by atoms with Crippen molar-refractivity contribution in [2.24, 2.45) is 0 Å². The molecule has 2 aromatic carbocycles. The van der Waals surface area contributed by atoms with E-state index in [1.165, 1.54) is 17.7 Å². The Labute approximate surface area is 170 Å². The van der Waals surface area contributed by atoms with E-state index < -0.39 is 12.1 Å². The molecule has 0 spiro atoms. The largest absolute Gasteiger partial charge is 0.449 e. The van der Waals surface area contributed by atoms with Gasteiger partial charge in [0, 0.05) is 17.1 Å². The Morgan fingerprint density at radius 2 is 1.79 bits per heavy atom. The van der Waals surface area contributed by atoms with Gasteiger partial charge in [0.25, 0.3) is 5.89 Å². The van der Waals surface area contributed by atoms with Crippen molar-refractivity contribution in [3.8, 4) is 11.5 Å². The molecule has 0 aliphatic carbocycles. The Hall–Kier alpha value is -2.32. The van der Waals surface area contributed by atoms with Crippen LogP contribution in [0, 0.1) is 5.82 Å². The van der Waals surface area contributed by atoms with Gasteiger partial charge in [0.2, 0.25) is 5.89 Å². The van der Waals surface area contributed by atoms with E-state index in [4.69, 9.17) is 9.15 Å². The third-order valence-corrected chi connectivity index (χ3v) is 7.31. The zero-order chi connectivity index (χ0) is 19.5. The average Bonchev–Trinajstić information content (AvgIpc) is 3.41. The fourth-order valence-corrected chi connectivity index (χ4v) is 5.57. The summed E-state index contributed by atoms with van der Waals surface area (Å²) in [5.74, 6) is 1.94. The van der Waals surface area contributed by atoms with Crippen molar-refractivity contribution in [3.63, 3.8) is 0 Å². The molecule has 5 nitrogen and oxygen atoms in total. The van der Waals surface area contributed by atoms with E-state index in [0.29, 0.717) is 15.7 Å². The fraction of sp³-hybridized carbons (Fsp3) is 0.250. The van der Waals surface area contributed by atoms with Gasteiger partial charge in [0.05, 0.1) is 10.1 Å². The molecule has 28 heavy (non-hydrogen) atoms. The highest BCUT2D eigenvalue weighted by Gasteiger charge is 2.21. The fourth-order valence-electron chi connectivity index (χ4n) is 2.71. The second-order valence-electron chi connectivity index (χ2n) is 6.20.